The molecule has 0 radical (unpaired) electrons. The van der Waals surface area contributed by atoms with E-state index in [1.165, 1.54) is 6.20 Å². The van der Waals surface area contributed by atoms with E-state index in [4.69, 9.17) is 5.11 Å². The van der Waals surface area contributed by atoms with Gasteiger partial charge in [-0.25, -0.2) is 0 Å². The first-order valence-corrected chi connectivity index (χ1v) is 7.93. The van der Waals surface area contributed by atoms with Crippen molar-refractivity contribution in [2.24, 2.45) is 0 Å². The van der Waals surface area contributed by atoms with Gasteiger partial charge in [-0.2, -0.15) is 17.8 Å². The number of aromatic nitrogens is 2. The minimum atomic E-state index is -3.88. The second-order valence-electron chi connectivity index (χ2n) is 4.65. The van der Waals surface area contributed by atoms with Crippen LogP contribution in [0.5, 0.6) is 0 Å². The highest BCUT2D eigenvalue weighted by Gasteiger charge is 2.36. The van der Waals surface area contributed by atoms with Gasteiger partial charge in [-0.05, 0) is 26.2 Å². The van der Waals surface area contributed by atoms with Crippen molar-refractivity contribution in [3.8, 4) is 0 Å². The maximum Gasteiger partial charge on any atom is 0.322 e. The molecule has 0 saturated carbocycles. The molecule has 9 heteroatoms. The second-order valence-corrected chi connectivity index (χ2v) is 6.28. The molecule has 1 fully saturated rings. The molecular weight excluding hydrogens is 284 g/mol. The van der Waals surface area contributed by atoms with E-state index in [0.717, 1.165) is 10.7 Å². The Morgan fingerprint density at radius 3 is 2.90 bits per heavy atom. The minimum Gasteiger partial charge on any atom is -0.480 e. The Labute approximate surface area is 117 Å². The highest BCUT2D eigenvalue weighted by Crippen LogP contribution is 2.22. The lowest BCUT2D eigenvalue weighted by atomic mass is 10.1. The summed E-state index contributed by atoms with van der Waals surface area (Å²) in [5.74, 6) is -1.11. The van der Waals surface area contributed by atoms with Crippen molar-refractivity contribution in [1.29, 1.82) is 0 Å². The van der Waals surface area contributed by atoms with Gasteiger partial charge in [-0.1, -0.05) is 0 Å². The molecule has 1 aliphatic heterocycles. The van der Waals surface area contributed by atoms with Gasteiger partial charge in [0.25, 0.3) is 0 Å². The standard InChI is InChI=1S/C11H18N4O4S/c1-2-14-8-9(7-12-14)13-20(18,19)15-6-4-3-5-10(15)11(16)17/h7-8,10,13H,2-6H2,1H3,(H,16,17). The third-order valence-electron chi connectivity index (χ3n) is 3.25. The van der Waals surface area contributed by atoms with Gasteiger partial charge in [0.2, 0.25) is 0 Å². The minimum absolute atomic E-state index is 0.216. The normalized spacial score (nSPS) is 20.8. The SMILES string of the molecule is CCn1cc(NS(=O)(=O)N2CCCCC2C(=O)O)cn1. The number of aryl methyl sites for hydroxylation is 1. The van der Waals surface area contributed by atoms with Crippen molar-refractivity contribution in [3.05, 3.63) is 12.4 Å². The molecule has 112 valence electrons. The number of carboxylic acid groups (broad SMARTS) is 1. The molecule has 1 aromatic heterocycles. The lowest BCUT2D eigenvalue weighted by molar-refractivity contribution is -0.142. The molecule has 0 bridgehead atoms. The zero-order valence-electron chi connectivity index (χ0n) is 11.2. The van der Waals surface area contributed by atoms with Crippen LogP contribution in [0.15, 0.2) is 12.4 Å². The van der Waals surface area contributed by atoms with Crippen molar-refractivity contribution >= 4 is 21.9 Å². The van der Waals surface area contributed by atoms with Crippen LogP contribution in [-0.2, 0) is 21.5 Å². The first-order valence-electron chi connectivity index (χ1n) is 6.49. The number of carbonyl (C=O) groups is 1. The predicted molar refractivity (Wildman–Crippen MR) is 72.4 cm³/mol. The summed E-state index contributed by atoms with van der Waals surface area (Å²) in [6, 6.07) is -0.998. The highest BCUT2D eigenvalue weighted by molar-refractivity contribution is 7.90. The number of carboxylic acids is 1. The van der Waals surface area contributed by atoms with Crippen molar-refractivity contribution in [2.75, 3.05) is 11.3 Å². The van der Waals surface area contributed by atoms with Crippen molar-refractivity contribution in [2.45, 2.75) is 38.8 Å². The molecule has 2 N–H and O–H groups in total. The molecule has 8 nitrogen and oxygen atoms in total. The largest absolute Gasteiger partial charge is 0.480 e. The maximum atomic E-state index is 12.3. The van der Waals surface area contributed by atoms with E-state index in [0.29, 0.717) is 25.1 Å². The van der Waals surface area contributed by atoms with Crippen LogP contribution in [0.2, 0.25) is 0 Å². The molecule has 1 atom stereocenters. The van der Waals surface area contributed by atoms with Crippen LogP contribution >= 0.6 is 0 Å². The van der Waals surface area contributed by atoms with Gasteiger partial charge >= 0.3 is 16.2 Å². The number of nitrogens with zero attached hydrogens (tertiary/aromatic N) is 3. The third-order valence-corrected chi connectivity index (χ3v) is 4.80. The topological polar surface area (TPSA) is 105 Å². The Morgan fingerprint density at radius 2 is 2.30 bits per heavy atom. The molecule has 2 rings (SSSR count). The molecule has 0 spiro atoms. The van der Waals surface area contributed by atoms with Crippen LogP contribution in [0.1, 0.15) is 26.2 Å². The highest BCUT2D eigenvalue weighted by atomic mass is 32.2. The Morgan fingerprint density at radius 1 is 1.55 bits per heavy atom. The van der Waals surface area contributed by atoms with Crippen LogP contribution in [0.3, 0.4) is 0 Å². The number of piperidine rings is 1. The zero-order chi connectivity index (χ0) is 14.8. The number of hydrogen-bond acceptors (Lipinski definition) is 4. The lowest BCUT2D eigenvalue weighted by Gasteiger charge is -2.31. The Balaban J connectivity index is 2.17. The van der Waals surface area contributed by atoms with Crippen molar-refractivity contribution in [3.63, 3.8) is 0 Å². The Kier molecular flexibility index (Phi) is 4.29. The predicted octanol–water partition coefficient (Wildman–Crippen LogP) is 0.499. The summed E-state index contributed by atoms with van der Waals surface area (Å²) >= 11 is 0. The average Bonchev–Trinajstić information content (AvgIpc) is 2.85. The van der Waals surface area contributed by atoms with E-state index >= 15 is 0 Å². The number of nitrogens with one attached hydrogen (secondary N) is 1. The Bertz CT molecular complexity index is 583. The molecule has 0 amide bonds. The quantitative estimate of drug-likeness (QED) is 0.824. The summed E-state index contributed by atoms with van der Waals surface area (Å²) in [5.41, 5.74) is 0.335. The lowest BCUT2D eigenvalue weighted by Crippen LogP contribution is -2.49. The van der Waals surface area contributed by atoms with Crippen molar-refractivity contribution < 1.29 is 18.3 Å². The first-order chi connectivity index (χ1) is 9.44. The number of hydrogen-bond donors (Lipinski definition) is 2. The van der Waals surface area contributed by atoms with Crippen LogP contribution in [0, 0.1) is 0 Å². The summed E-state index contributed by atoms with van der Waals surface area (Å²) in [4.78, 5) is 11.2. The second kappa shape index (κ2) is 5.80. The van der Waals surface area contributed by atoms with Crippen LogP contribution in [0.4, 0.5) is 5.69 Å². The van der Waals surface area contributed by atoms with Crippen molar-refractivity contribution in [1.82, 2.24) is 14.1 Å². The third kappa shape index (κ3) is 3.10. The van der Waals surface area contributed by atoms with Gasteiger partial charge in [-0.3, -0.25) is 14.2 Å². The summed E-state index contributed by atoms with van der Waals surface area (Å²) in [7, 11) is -3.88. The monoisotopic (exact) mass is 302 g/mol. The fraction of sp³-hybridized carbons (Fsp3) is 0.636. The van der Waals surface area contributed by atoms with E-state index in [9.17, 15) is 13.2 Å². The number of anilines is 1. The van der Waals surface area contributed by atoms with E-state index in [1.807, 2.05) is 6.92 Å². The average molecular weight is 302 g/mol. The van der Waals surface area contributed by atoms with Crippen LogP contribution < -0.4 is 4.72 Å². The summed E-state index contributed by atoms with van der Waals surface area (Å²) in [6.45, 7) is 2.73. The summed E-state index contributed by atoms with van der Waals surface area (Å²) in [6.07, 6.45) is 4.69. The van der Waals surface area contributed by atoms with E-state index in [2.05, 4.69) is 9.82 Å². The van der Waals surface area contributed by atoms with Crippen LogP contribution in [0.25, 0.3) is 0 Å². The molecule has 1 unspecified atom stereocenters. The first kappa shape index (κ1) is 14.8. The van der Waals surface area contributed by atoms with E-state index in [-0.39, 0.29) is 6.54 Å². The zero-order valence-corrected chi connectivity index (χ0v) is 12.0. The molecule has 2 heterocycles. The van der Waals surface area contributed by atoms with E-state index in [1.54, 1.807) is 10.9 Å². The molecule has 1 aliphatic rings. The summed E-state index contributed by atoms with van der Waals surface area (Å²) < 4.78 is 29.5. The fourth-order valence-electron chi connectivity index (χ4n) is 2.24. The molecule has 0 aliphatic carbocycles. The van der Waals surface area contributed by atoms with Crippen LogP contribution in [-0.4, -0.2) is 46.2 Å². The van der Waals surface area contributed by atoms with Gasteiger partial charge in [0, 0.05) is 19.3 Å². The summed E-state index contributed by atoms with van der Waals surface area (Å²) in [5, 5.41) is 13.1. The van der Waals surface area contributed by atoms with Gasteiger partial charge in [0.05, 0.1) is 11.9 Å². The number of aliphatic carboxylic acids is 1. The van der Waals surface area contributed by atoms with Gasteiger partial charge in [0.1, 0.15) is 6.04 Å². The Hall–Kier alpha value is -1.61. The number of rotatable bonds is 5. The molecule has 0 aromatic carbocycles. The molecule has 20 heavy (non-hydrogen) atoms. The van der Waals surface area contributed by atoms with Gasteiger partial charge < -0.3 is 5.11 Å². The van der Waals surface area contributed by atoms with Gasteiger partial charge in [-0.15, -0.1) is 0 Å². The smallest absolute Gasteiger partial charge is 0.322 e. The molecule has 1 aromatic rings. The molecular formula is C11H18N4O4S. The van der Waals surface area contributed by atoms with Gasteiger partial charge in [0.15, 0.2) is 0 Å². The van der Waals surface area contributed by atoms with E-state index < -0.39 is 22.2 Å². The fourth-order valence-corrected chi connectivity index (χ4v) is 3.66. The maximum absolute atomic E-state index is 12.3. The molecule has 1 saturated heterocycles.